The molecule has 0 aromatic carbocycles. The summed E-state index contributed by atoms with van der Waals surface area (Å²) in [7, 11) is -2.99. The number of nitrogens with one attached hydrogen (secondary N) is 1. The third kappa shape index (κ3) is 4.55. The molecule has 0 spiro atoms. The maximum Gasteiger partial charge on any atom is 0.150 e. The first-order chi connectivity index (χ1) is 9.47. The maximum atomic E-state index is 12.3. The third-order valence-electron chi connectivity index (χ3n) is 4.88. The van der Waals surface area contributed by atoms with Crippen LogP contribution in [-0.4, -0.2) is 38.8 Å². The number of ketones is 1. The Hall–Kier alpha value is -0.420. The number of Topliss-reactive ketones (excluding diaryl/α,β-unsaturated/α-hetero) is 1. The van der Waals surface area contributed by atoms with E-state index in [1.165, 1.54) is 19.1 Å². The summed E-state index contributed by atoms with van der Waals surface area (Å²) < 4.78 is 23.3. The van der Waals surface area contributed by atoms with Gasteiger partial charge in [0.05, 0.1) is 5.25 Å². The summed E-state index contributed by atoms with van der Waals surface area (Å²) >= 11 is 0. The summed E-state index contributed by atoms with van der Waals surface area (Å²) in [6, 6.07) is 0. The van der Waals surface area contributed by atoms with E-state index in [1.54, 1.807) is 0 Å². The highest BCUT2D eigenvalue weighted by Crippen LogP contribution is 2.30. The number of rotatable bonds is 5. The predicted molar refractivity (Wildman–Crippen MR) is 80.4 cm³/mol. The Bertz CT molecular complexity index is 426. The van der Waals surface area contributed by atoms with Crippen molar-refractivity contribution in [2.75, 3.05) is 19.3 Å². The van der Waals surface area contributed by atoms with E-state index in [-0.39, 0.29) is 11.2 Å². The van der Waals surface area contributed by atoms with Crippen LogP contribution in [0.15, 0.2) is 0 Å². The molecule has 2 fully saturated rings. The lowest BCUT2D eigenvalue weighted by atomic mass is 9.83. The second-order valence-electron chi connectivity index (χ2n) is 6.53. The fourth-order valence-electron chi connectivity index (χ4n) is 3.55. The smallest absolute Gasteiger partial charge is 0.150 e. The van der Waals surface area contributed by atoms with Crippen LogP contribution in [0.1, 0.15) is 51.4 Å². The standard InChI is InChI=1S/C15H27NO3S/c1-20(18,19)14-6-2-5-13(10-14)15(17)8-7-12-4-3-9-16-11-12/h12-14,16H,2-11H2,1H3. The fourth-order valence-corrected chi connectivity index (χ4v) is 4.72. The molecule has 0 bridgehead atoms. The Morgan fingerprint density at radius 1 is 1.20 bits per heavy atom. The zero-order chi connectivity index (χ0) is 14.6. The van der Waals surface area contributed by atoms with Gasteiger partial charge in [0.25, 0.3) is 0 Å². The van der Waals surface area contributed by atoms with Gasteiger partial charge in [-0.1, -0.05) is 6.42 Å². The van der Waals surface area contributed by atoms with Crippen LogP contribution in [-0.2, 0) is 14.6 Å². The Morgan fingerprint density at radius 2 is 2.00 bits per heavy atom. The molecule has 1 aliphatic carbocycles. The van der Waals surface area contributed by atoms with Crippen LogP contribution in [0.3, 0.4) is 0 Å². The minimum Gasteiger partial charge on any atom is -0.316 e. The molecule has 1 saturated heterocycles. The van der Waals surface area contributed by atoms with Gasteiger partial charge in [-0.2, -0.15) is 0 Å². The lowest BCUT2D eigenvalue weighted by molar-refractivity contribution is -0.124. The quantitative estimate of drug-likeness (QED) is 0.843. The van der Waals surface area contributed by atoms with Crippen molar-refractivity contribution in [3.8, 4) is 0 Å². The first-order valence-corrected chi connectivity index (χ1v) is 9.84. The molecule has 4 nitrogen and oxygen atoms in total. The van der Waals surface area contributed by atoms with Crippen molar-refractivity contribution in [2.24, 2.45) is 11.8 Å². The van der Waals surface area contributed by atoms with Crippen LogP contribution < -0.4 is 5.32 Å². The Labute approximate surface area is 122 Å². The highest BCUT2D eigenvalue weighted by molar-refractivity contribution is 7.91. The van der Waals surface area contributed by atoms with E-state index in [4.69, 9.17) is 0 Å². The van der Waals surface area contributed by atoms with Gasteiger partial charge in [-0.15, -0.1) is 0 Å². The molecule has 5 heteroatoms. The normalized spacial score (nSPS) is 31.9. The molecule has 1 N–H and O–H groups in total. The Morgan fingerprint density at radius 3 is 2.65 bits per heavy atom. The molecular formula is C15H27NO3S. The number of carbonyl (C=O) groups excluding carboxylic acids is 1. The zero-order valence-electron chi connectivity index (χ0n) is 12.4. The van der Waals surface area contributed by atoms with Gasteiger partial charge in [-0.3, -0.25) is 4.79 Å². The van der Waals surface area contributed by atoms with Gasteiger partial charge in [0, 0.05) is 18.6 Å². The fraction of sp³-hybridized carbons (Fsp3) is 0.933. The van der Waals surface area contributed by atoms with Crippen LogP contribution in [0.25, 0.3) is 0 Å². The molecule has 3 unspecified atom stereocenters. The van der Waals surface area contributed by atoms with E-state index in [2.05, 4.69) is 5.32 Å². The van der Waals surface area contributed by atoms with Gasteiger partial charge in [-0.05, 0) is 57.5 Å². The number of carbonyl (C=O) groups is 1. The van der Waals surface area contributed by atoms with Crippen LogP contribution in [0.2, 0.25) is 0 Å². The van der Waals surface area contributed by atoms with E-state index in [9.17, 15) is 13.2 Å². The average molecular weight is 301 g/mol. The predicted octanol–water partition coefficient (Wildman–Crippen LogP) is 1.94. The molecule has 0 aromatic heterocycles. The molecule has 3 atom stereocenters. The molecule has 0 radical (unpaired) electrons. The van der Waals surface area contributed by atoms with E-state index < -0.39 is 9.84 Å². The van der Waals surface area contributed by atoms with E-state index in [1.807, 2.05) is 0 Å². The average Bonchev–Trinajstić information content (AvgIpc) is 2.45. The maximum absolute atomic E-state index is 12.3. The molecule has 0 aromatic rings. The molecule has 20 heavy (non-hydrogen) atoms. The van der Waals surface area contributed by atoms with E-state index in [0.717, 1.165) is 38.8 Å². The highest BCUT2D eigenvalue weighted by Gasteiger charge is 2.32. The van der Waals surface area contributed by atoms with Crippen LogP contribution in [0.5, 0.6) is 0 Å². The Balaban J connectivity index is 1.79. The Kier molecular flexibility index (Phi) is 5.61. The molecule has 0 amide bonds. The molecule has 2 aliphatic rings. The van der Waals surface area contributed by atoms with Gasteiger partial charge < -0.3 is 5.32 Å². The van der Waals surface area contributed by atoms with Crippen molar-refractivity contribution < 1.29 is 13.2 Å². The van der Waals surface area contributed by atoms with Crippen molar-refractivity contribution in [2.45, 2.75) is 56.6 Å². The largest absolute Gasteiger partial charge is 0.316 e. The van der Waals surface area contributed by atoms with Crippen molar-refractivity contribution in [1.29, 1.82) is 0 Å². The highest BCUT2D eigenvalue weighted by atomic mass is 32.2. The molecule has 1 heterocycles. The first kappa shape index (κ1) is 16.0. The summed E-state index contributed by atoms with van der Waals surface area (Å²) in [5.41, 5.74) is 0. The van der Waals surface area contributed by atoms with Gasteiger partial charge in [0.2, 0.25) is 0 Å². The van der Waals surface area contributed by atoms with Gasteiger partial charge >= 0.3 is 0 Å². The number of hydrogen-bond acceptors (Lipinski definition) is 4. The monoisotopic (exact) mass is 301 g/mol. The van der Waals surface area contributed by atoms with Crippen molar-refractivity contribution in [3.05, 3.63) is 0 Å². The van der Waals surface area contributed by atoms with Crippen molar-refractivity contribution in [3.63, 3.8) is 0 Å². The molecule has 2 rings (SSSR count). The minimum absolute atomic E-state index is 0.0139. The third-order valence-corrected chi connectivity index (χ3v) is 6.52. The second-order valence-corrected chi connectivity index (χ2v) is 8.86. The van der Waals surface area contributed by atoms with Crippen LogP contribution >= 0.6 is 0 Å². The minimum atomic E-state index is -2.99. The van der Waals surface area contributed by atoms with E-state index in [0.29, 0.717) is 24.5 Å². The summed E-state index contributed by atoms with van der Waals surface area (Å²) in [5, 5.41) is 3.08. The number of sulfone groups is 1. The molecule has 1 saturated carbocycles. The molecule has 116 valence electrons. The lowest BCUT2D eigenvalue weighted by Gasteiger charge is -2.28. The van der Waals surface area contributed by atoms with Gasteiger partial charge in [-0.25, -0.2) is 8.42 Å². The summed E-state index contributed by atoms with van der Waals surface area (Å²) in [5.74, 6) is 0.908. The van der Waals surface area contributed by atoms with E-state index >= 15 is 0 Å². The van der Waals surface area contributed by atoms with Gasteiger partial charge in [0.15, 0.2) is 0 Å². The molecule has 1 aliphatic heterocycles. The number of piperidine rings is 1. The SMILES string of the molecule is CS(=O)(=O)C1CCCC(C(=O)CCC2CCCNC2)C1. The van der Waals surface area contributed by atoms with Crippen molar-refractivity contribution in [1.82, 2.24) is 5.32 Å². The topological polar surface area (TPSA) is 63.2 Å². The summed E-state index contributed by atoms with van der Waals surface area (Å²) in [4.78, 5) is 12.3. The van der Waals surface area contributed by atoms with Crippen LogP contribution in [0.4, 0.5) is 0 Å². The van der Waals surface area contributed by atoms with Crippen LogP contribution in [0, 0.1) is 11.8 Å². The lowest BCUT2D eigenvalue weighted by Crippen LogP contribution is -2.32. The number of hydrogen-bond donors (Lipinski definition) is 1. The second kappa shape index (κ2) is 7.03. The summed E-state index contributed by atoms with van der Waals surface area (Å²) in [6.07, 6.45) is 8.37. The van der Waals surface area contributed by atoms with Crippen molar-refractivity contribution >= 4 is 15.6 Å². The first-order valence-electron chi connectivity index (χ1n) is 7.89. The molecular weight excluding hydrogens is 274 g/mol. The van der Waals surface area contributed by atoms with Gasteiger partial charge in [0.1, 0.15) is 15.6 Å². The summed E-state index contributed by atoms with van der Waals surface area (Å²) in [6.45, 7) is 2.13. The zero-order valence-corrected chi connectivity index (χ0v) is 13.3.